The van der Waals surface area contributed by atoms with E-state index in [4.69, 9.17) is 23.2 Å². The van der Waals surface area contributed by atoms with E-state index in [1.165, 1.54) is 0 Å². The quantitative estimate of drug-likeness (QED) is 0.825. The van der Waals surface area contributed by atoms with Gasteiger partial charge in [-0.1, -0.05) is 57.3 Å². The molecule has 0 spiro atoms. The summed E-state index contributed by atoms with van der Waals surface area (Å²) in [5.41, 5.74) is 1.47. The van der Waals surface area contributed by atoms with Crippen molar-refractivity contribution in [1.29, 1.82) is 0 Å². The number of carbonyl (C=O) groups excluding carboxylic acids is 1. The molecule has 0 aromatic heterocycles. The van der Waals surface area contributed by atoms with Crippen LogP contribution in [0.2, 0.25) is 10.0 Å². The van der Waals surface area contributed by atoms with Gasteiger partial charge in [0.1, 0.15) is 0 Å². The number of carbonyl (C=O) groups is 1. The number of hydrogen-bond donors (Lipinski definition) is 1. The largest absolute Gasteiger partial charge is 0.352 e. The van der Waals surface area contributed by atoms with Crippen LogP contribution in [-0.4, -0.2) is 12.5 Å². The highest BCUT2D eigenvalue weighted by molar-refractivity contribution is 9.10. The van der Waals surface area contributed by atoms with E-state index in [1.54, 1.807) is 18.2 Å². The van der Waals surface area contributed by atoms with Gasteiger partial charge in [0, 0.05) is 16.0 Å². The molecule has 0 bridgehead atoms. The maximum Gasteiger partial charge on any atom is 0.252 e. The third kappa shape index (κ3) is 3.98. The van der Waals surface area contributed by atoms with Crippen molar-refractivity contribution in [2.24, 2.45) is 0 Å². The fourth-order valence-electron chi connectivity index (χ4n) is 1.78. The van der Waals surface area contributed by atoms with Crippen LogP contribution in [0.4, 0.5) is 0 Å². The Labute approximate surface area is 136 Å². The van der Waals surface area contributed by atoms with Crippen LogP contribution in [0.3, 0.4) is 0 Å². The molecule has 0 saturated heterocycles. The fourth-order valence-corrected chi connectivity index (χ4v) is 2.57. The molecule has 0 atom stereocenters. The molecule has 2 nitrogen and oxygen atoms in total. The molecular weight excluding hydrogens is 361 g/mol. The van der Waals surface area contributed by atoms with Crippen LogP contribution in [0.15, 0.2) is 46.9 Å². The summed E-state index contributed by atoms with van der Waals surface area (Å²) in [5.74, 6) is -0.191. The highest BCUT2D eigenvalue weighted by Crippen LogP contribution is 2.21. The van der Waals surface area contributed by atoms with Gasteiger partial charge in [-0.05, 0) is 36.2 Å². The number of nitrogens with one attached hydrogen (secondary N) is 1. The molecule has 2 rings (SSSR count). The summed E-state index contributed by atoms with van der Waals surface area (Å²) in [6, 6.07) is 12.8. The number of rotatable bonds is 4. The van der Waals surface area contributed by atoms with Crippen molar-refractivity contribution < 1.29 is 4.79 Å². The molecule has 1 N–H and O–H groups in total. The van der Waals surface area contributed by atoms with Crippen LogP contribution >= 0.6 is 39.1 Å². The molecule has 2 aromatic carbocycles. The average molecular weight is 373 g/mol. The SMILES string of the molecule is O=C(NCCc1ccccc1Cl)c1cc(Br)ccc1Cl. The smallest absolute Gasteiger partial charge is 0.252 e. The van der Waals surface area contributed by atoms with E-state index in [2.05, 4.69) is 21.2 Å². The lowest BCUT2D eigenvalue weighted by atomic mass is 10.1. The predicted molar refractivity (Wildman–Crippen MR) is 86.6 cm³/mol. The molecule has 0 unspecified atom stereocenters. The number of amides is 1. The second-order valence-electron chi connectivity index (χ2n) is 4.22. The van der Waals surface area contributed by atoms with Gasteiger partial charge in [-0.15, -0.1) is 0 Å². The topological polar surface area (TPSA) is 29.1 Å². The summed E-state index contributed by atoms with van der Waals surface area (Å²) in [4.78, 5) is 12.0. The maximum atomic E-state index is 12.0. The van der Waals surface area contributed by atoms with E-state index in [0.29, 0.717) is 28.6 Å². The van der Waals surface area contributed by atoms with E-state index < -0.39 is 0 Å². The van der Waals surface area contributed by atoms with Gasteiger partial charge in [-0.2, -0.15) is 0 Å². The minimum atomic E-state index is -0.191. The summed E-state index contributed by atoms with van der Waals surface area (Å²) < 4.78 is 0.818. The molecule has 20 heavy (non-hydrogen) atoms. The van der Waals surface area contributed by atoms with E-state index in [-0.39, 0.29) is 5.91 Å². The molecule has 5 heteroatoms. The lowest BCUT2D eigenvalue weighted by Crippen LogP contribution is -2.26. The van der Waals surface area contributed by atoms with Gasteiger partial charge in [0.05, 0.1) is 10.6 Å². The second kappa shape index (κ2) is 7.11. The summed E-state index contributed by atoms with van der Waals surface area (Å²) >= 11 is 15.4. The number of benzene rings is 2. The lowest BCUT2D eigenvalue weighted by Gasteiger charge is -2.08. The fraction of sp³-hybridized carbons (Fsp3) is 0.133. The van der Waals surface area contributed by atoms with E-state index in [0.717, 1.165) is 10.0 Å². The molecule has 1 amide bonds. The first kappa shape index (κ1) is 15.4. The summed E-state index contributed by atoms with van der Waals surface area (Å²) in [6.07, 6.45) is 0.678. The molecule has 0 saturated carbocycles. The van der Waals surface area contributed by atoms with E-state index in [1.807, 2.05) is 24.3 Å². The Balaban J connectivity index is 1.96. The first-order valence-corrected chi connectivity index (χ1v) is 7.59. The normalized spacial score (nSPS) is 10.3. The third-order valence-corrected chi connectivity index (χ3v) is 4.00. The Morgan fingerprint density at radius 3 is 2.60 bits per heavy atom. The van der Waals surface area contributed by atoms with Crippen molar-refractivity contribution >= 4 is 45.0 Å². The first-order valence-electron chi connectivity index (χ1n) is 6.04. The molecule has 0 radical (unpaired) electrons. The zero-order valence-electron chi connectivity index (χ0n) is 10.5. The van der Waals surface area contributed by atoms with Gasteiger partial charge in [-0.25, -0.2) is 0 Å². The van der Waals surface area contributed by atoms with Crippen LogP contribution in [0.5, 0.6) is 0 Å². The van der Waals surface area contributed by atoms with Crippen LogP contribution in [0.1, 0.15) is 15.9 Å². The minimum Gasteiger partial charge on any atom is -0.352 e. The Hall–Kier alpha value is -1.03. The zero-order chi connectivity index (χ0) is 14.5. The molecule has 0 aliphatic rings. The number of halogens is 3. The number of hydrogen-bond acceptors (Lipinski definition) is 1. The van der Waals surface area contributed by atoms with Gasteiger partial charge >= 0.3 is 0 Å². The first-order chi connectivity index (χ1) is 9.58. The minimum absolute atomic E-state index is 0.191. The standard InChI is InChI=1S/C15H12BrCl2NO/c16-11-5-6-14(18)12(9-11)15(20)19-8-7-10-3-1-2-4-13(10)17/h1-6,9H,7-8H2,(H,19,20). The molecule has 0 heterocycles. The molecular formula is C15H12BrCl2NO. The van der Waals surface area contributed by atoms with Crippen molar-refractivity contribution in [2.75, 3.05) is 6.54 Å². The lowest BCUT2D eigenvalue weighted by molar-refractivity contribution is 0.0954. The van der Waals surface area contributed by atoms with Gasteiger partial charge in [0.15, 0.2) is 0 Å². The van der Waals surface area contributed by atoms with E-state index in [9.17, 15) is 4.79 Å². The molecule has 104 valence electrons. The summed E-state index contributed by atoms with van der Waals surface area (Å²) in [7, 11) is 0. The molecule has 2 aromatic rings. The second-order valence-corrected chi connectivity index (χ2v) is 5.95. The predicted octanol–water partition coefficient (Wildman–Crippen LogP) is 4.73. The molecule has 0 aliphatic carbocycles. The van der Waals surface area contributed by atoms with Gasteiger partial charge < -0.3 is 5.32 Å². The molecule has 0 fully saturated rings. The highest BCUT2D eigenvalue weighted by Gasteiger charge is 2.10. The Bertz CT molecular complexity index is 631. The average Bonchev–Trinajstić information content (AvgIpc) is 2.43. The highest BCUT2D eigenvalue weighted by atomic mass is 79.9. The van der Waals surface area contributed by atoms with Crippen LogP contribution in [0.25, 0.3) is 0 Å². The van der Waals surface area contributed by atoms with Gasteiger partial charge in [-0.3, -0.25) is 4.79 Å². The van der Waals surface area contributed by atoms with Crippen molar-refractivity contribution in [3.63, 3.8) is 0 Å². The Kier molecular flexibility index (Phi) is 5.46. The summed E-state index contributed by atoms with van der Waals surface area (Å²) in [6.45, 7) is 0.505. The van der Waals surface area contributed by atoms with Crippen molar-refractivity contribution in [3.05, 3.63) is 68.1 Å². The van der Waals surface area contributed by atoms with Crippen molar-refractivity contribution in [2.45, 2.75) is 6.42 Å². The monoisotopic (exact) mass is 371 g/mol. The Morgan fingerprint density at radius 2 is 1.85 bits per heavy atom. The third-order valence-electron chi connectivity index (χ3n) is 2.81. The van der Waals surface area contributed by atoms with Crippen LogP contribution < -0.4 is 5.32 Å². The van der Waals surface area contributed by atoms with Gasteiger partial charge in [0.2, 0.25) is 0 Å². The van der Waals surface area contributed by atoms with E-state index >= 15 is 0 Å². The van der Waals surface area contributed by atoms with Crippen molar-refractivity contribution in [1.82, 2.24) is 5.32 Å². The van der Waals surface area contributed by atoms with Crippen LogP contribution in [-0.2, 0) is 6.42 Å². The zero-order valence-corrected chi connectivity index (χ0v) is 13.6. The van der Waals surface area contributed by atoms with Gasteiger partial charge in [0.25, 0.3) is 5.91 Å². The molecule has 0 aliphatic heterocycles. The van der Waals surface area contributed by atoms with Crippen molar-refractivity contribution in [3.8, 4) is 0 Å². The Morgan fingerprint density at radius 1 is 1.10 bits per heavy atom. The van der Waals surface area contributed by atoms with Crippen LogP contribution in [0, 0.1) is 0 Å². The maximum absolute atomic E-state index is 12.0. The summed E-state index contributed by atoms with van der Waals surface area (Å²) in [5, 5.41) is 3.98.